The maximum Gasteiger partial charge on any atom is 0.336 e. The highest BCUT2D eigenvalue weighted by atomic mass is 16.6. The number of nitrogens with one attached hydrogen (secondary N) is 3. The van der Waals surface area contributed by atoms with Gasteiger partial charge < -0.3 is 25.8 Å². The fraction of sp³-hybridized carbons (Fsp3) is 0.800. The van der Waals surface area contributed by atoms with E-state index in [9.17, 15) is 14.4 Å². The van der Waals surface area contributed by atoms with Gasteiger partial charge in [0.15, 0.2) is 12.2 Å². The van der Waals surface area contributed by atoms with Crippen molar-refractivity contribution in [1.82, 2.24) is 16.0 Å². The van der Waals surface area contributed by atoms with Crippen LogP contribution < -0.4 is 16.0 Å². The molecule has 8 nitrogen and oxygen atoms in total. The van der Waals surface area contributed by atoms with E-state index in [-0.39, 0.29) is 11.8 Å². The number of carboxylic acid groups (broad SMARTS) is 1. The Morgan fingerprint density at radius 2 is 1.78 bits per heavy atom. The summed E-state index contributed by atoms with van der Waals surface area (Å²) in [6.07, 6.45) is 0.194. The van der Waals surface area contributed by atoms with E-state index in [2.05, 4.69) is 16.0 Å². The molecular formula is C15H27N3O5. The molecule has 0 spiro atoms. The predicted molar refractivity (Wildman–Crippen MR) is 83.9 cm³/mol. The van der Waals surface area contributed by atoms with Gasteiger partial charge in [-0.15, -0.1) is 0 Å². The van der Waals surface area contributed by atoms with Gasteiger partial charge in [-0.1, -0.05) is 13.8 Å². The lowest BCUT2D eigenvalue weighted by Crippen LogP contribution is -2.49. The number of ether oxygens (including phenoxy) is 1. The van der Waals surface area contributed by atoms with Crippen LogP contribution in [0.15, 0.2) is 0 Å². The highest BCUT2D eigenvalue weighted by molar-refractivity contribution is 5.95. The molecular weight excluding hydrogens is 302 g/mol. The summed E-state index contributed by atoms with van der Waals surface area (Å²) in [5.41, 5.74) is 0. The minimum absolute atomic E-state index is 0.214. The SMILES string of the molecule is CNCCCCNC(=O)[C@H](CC(C)C)NC(=O)[C@H]1O[C@@H]1C(=O)O. The van der Waals surface area contributed by atoms with Crippen molar-refractivity contribution in [2.75, 3.05) is 20.1 Å². The Balaban J connectivity index is 2.43. The first kappa shape index (κ1) is 19.4. The van der Waals surface area contributed by atoms with Crippen LogP contribution in [0.5, 0.6) is 0 Å². The Bertz CT molecular complexity index is 427. The topological polar surface area (TPSA) is 120 Å². The second-order valence-electron chi connectivity index (χ2n) is 6.11. The molecule has 1 saturated heterocycles. The fourth-order valence-electron chi connectivity index (χ4n) is 2.22. The summed E-state index contributed by atoms with van der Waals surface area (Å²) in [7, 11) is 1.87. The minimum atomic E-state index is -1.17. The van der Waals surface area contributed by atoms with E-state index in [1.165, 1.54) is 0 Å². The summed E-state index contributed by atoms with van der Waals surface area (Å²) >= 11 is 0. The Kier molecular flexibility index (Phi) is 7.97. The van der Waals surface area contributed by atoms with Crippen LogP contribution in [0.3, 0.4) is 0 Å². The first-order chi connectivity index (χ1) is 10.9. The first-order valence-electron chi connectivity index (χ1n) is 7.97. The summed E-state index contributed by atoms with van der Waals surface area (Å²) in [5.74, 6) is -1.75. The predicted octanol–water partition coefficient (Wildman–Crippen LogP) is -0.515. The normalized spacial score (nSPS) is 20.9. The molecule has 0 aromatic rings. The molecule has 1 fully saturated rings. The summed E-state index contributed by atoms with van der Waals surface area (Å²) in [6, 6.07) is -0.676. The monoisotopic (exact) mass is 329 g/mol. The van der Waals surface area contributed by atoms with Gasteiger partial charge in [0, 0.05) is 6.54 Å². The Morgan fingerprint density at radius 3 is 2.30 bits per heavy atom. The largest absolute Gasteiger partial charge is 0.479 e. The van der Waals surface area contributed by atoms with E-state index in [0.29, 0.717) is 13.0 Å². The maximum atomic E-state index is 12.2. The third-order valence-electron chi connectivity index (χ3n) is 3.49. The van der Waals surface area contributed by atoms with Crippen LogP contribution in [-0.2, 0) is 19.1 Å². The highest BCUT2D eigenvalue weighted by Gasteiger charge is 2.51. The lowest BCUT2D eigenvalue weighted by atomic mass is 10.0. The van der Waals surface area contributed by atoms with Crippen molar-refractivity contribution < 1.29 is 24.2 Å². The molecule has 1 heterocycles. The summed E-state index contributed by atoms with van der Waals surface area (Å²) < 4.78 is 4.80. The van der Waals surface area contributed by atoms with Gasteiger partial charge in [-0.2, -0.15) is 0 Å². The van der Waals surface area contributed by atoms with E-state index in [1.54, 1.807) is 0 Å². The number of carbonyl (C=O) groups excluding carboxylic acids is 2. The zero-order valence-corrected chi connectivity index (χ0v) is 13.9. The summed E-state index contributed by atoms with van der Waals surface area (Å²) in [5, 5.41) is 17.2. The van der Waals surface area contributed by atoms with Crippen molar-refractivity contribution in [3.05, 3.63) is 0 Å². The lowest BCUT2D eigenvalue weighted by Gasteiger charge is -2.19. The van der Waals surface area contributed by atoms with Crippen LogP contribution in [-0.4, -0.2) is 61.3 Å². The van der Waals surface area contributed by atoms with Crippen molar-refractivity contribution in [1.29, 1.82) is 0 Å². The average Bonchev–Trinajstić information content (AvgIpc) is 3.26. The van der Waals surface area contributed by atoms with E-state index >= 15 is 0 Å². The molecule has 23 heavy (non-hydrogen) atoms. The number of rotatable bonds is 11. The number of aliphatic carboxylic acids is 1. The number of epoxide rings is 1. The molecule has 0 aromatic heterocycles. The van der Waals surface area contributed by atoms with Crippen molar-refractivity contribution in [2.45, 2.75) is 51.4 Å². The average molecular weight is 329 g/mol. The molecule has 1 aliphatic rings. The summed E-state index contributed by atoms with van der Waals surface area (Å²) in [6.45, 7) is 5.33. The number of carboxylic acids is 1. The minimum Gasteiger partial charge on any atom is -0.479 e. The number of hydrogen-bond donors (Lipinski definition) is 4. The fourth-order valence-corrected chi connectivity index (χ4v) is 2.22. The Hall–Kier alpha value is -1.67. The number of carbonyl (C=O) groups is 3. The van der Waals surface area contributed by atoms with Crippen molar-refractivity contribution in [3.8, 4) is 0 Å². The molecule has 0 aliphatic carbocycles. The van der Waals surface area contributed by atoms with Crippen LogP contribution in [0.4, 0.5) is 0 Å². The van der Waals surface area contributed by atoms with E-state index in [0.717, 1.165) is 19.4 Å². The van der Waals surface area contributed by atoms with E-state index in [1.807, 2.05) is 20.9 Å². The number of amides is 2. The molecule has 0 radical (unpaired) electrons. The molecule has 0 unspecified atom stereocenters. The van der Waals surface area contributed by atoms with Gasteiger partial charge in [0.2, 0.25) is 5.91 Å². The van der Waals surface area contributed by atoms with Crippen LogP contribution in [0, 0.1) is 5.92 Å². The van der Waals surface area contributed by atoms with Crippen molar-refractivity contribution in [2.24, 2.45) is 5.92 Å². The Labute approximate surface area is 136 Å². The van der Waals surface area contributed by atoms with Gasteiger partial charge >= 0.3 is 5.97 Å². The van der Waals surface area contributed by atoms with Crippen molar-refractivity contribution >= 4 is 17.8 Å². The first-order valence-corrected chi connectivity index (χ1v) is 7.97. The zero-order chi connectivity index (χ0) is 17.4. The third kappa shape index (κ3) is 6.96. The number of hydrogen-bond acceptors (Lipinski definition) is 5. The van der Waals surface area contributed by atoms with Gasteiger partial charge in [-0.05, 0) is 38.8 Å². The van der Waals surface area contributed by atoms with Gasteiger partial charge in [-0.3, -0.25) is 9.59 Å². The summed E-state index contributed by atoms with van der Waals surface area (Å²) in [4.78, 5) is 34.9. The van der Waals surface area contributed by atoms with Crippen LogP contribution in [0.2, 0.25) is 0 Å². The van der Waals surface area contributed by atoms with Crippen LogP contribution in [0.1, 0.15) is 33.1 Å². The smallest absolute Gasteiger partial charge is 0.336 e. The number of unbranched alkanes of at least 4 members (excludes halogenated alkanes) is 1. The maximum absolute atomic E-state index is 12.2. The molecule has 2 amide bonds. The van der Waals surface area contributed by atoms with Crippen molar-refractivity contribution in [3.63, 3.8) is 0 Å². The zero-order valence-electron chi connectivity index (χ0n) is 13.9. The quantitative estimate of drug-likeness (QED) is 0.299. The Morgan fingerprint density at radius 1 is 1.13 bits per heavy atom. The van der Waals surface area contributed by atoms with Gasteiger partial charge in [-0.25, -0.2) is 4.79 Å². The van der Waals surface area contributed by atoms with Gasteiger partial charge in [0.25, 0.3) is 5.91 Å². The molecule has 0 aromatic carbocycles. The second-order valence-corrected chi connectivity index (χ2v) is 6.11. The molecule has 132 valence electrons. The molecule has 4 N–H and O–H groups in total. The third-order valence-corrected chi connectivity index (χ3v) is 3.49. The van der Waals surface area contributed by atoms with E-state index in [4.69, 9.17) is 9.84 Å². The molecule has 1 aliphatic heterocycles. The second kappa shape index (κ2) is 9.46. The van der Waals surface area contributed by atoms with Gasteiger partial charge in [0.1, 0.15) is 6.04 Å². The standard InChI is InChI=1S/C15H27N3O5/c1-9(2)8-10(13(19)17-7-5-4-6-16-3)18-14(20)11-12(23-11)15(21)22/h9-12,16H,4-8H2,1-3H3,(H,17,19)(H,18,20)(H,21,22)/t10-,11-,12-/m0/s1. The molecule has 0 bridgehead atoms. The van der Waals surface area contributed by atoms with Crippen LogP contribution >= 0.6 is 0 Å². The van der Waals surface area contributed by atoms with Crippen LogP contribution in [0.25, 0.3) is 0 Å². The highest BCUT2D eigenvalue weighted by Crippen LogP contribution is 2.22. The van der Waals surface area contributed by atoms with E-state index < -0.39 is 30.1 Å². The molecule has 0 saturated carbocycles. The molecule has 1 rings (SSSR count). The molecule has 8 heteroatoms. The molecule has 3 atom stereocenters. The van der Waals surface area contributed by atoms with Gasteiger partial charge in [0.05, 0.1) is 0 Å². The lowest BCUT2D eigenvalue weighted by molar-refractivity contribution is -0.138.